The zero-order valence-corrected chi connectivity index (χ0v) is 6.73. The maximum atomic E-state index is 4.00. The maximum Gasteiger partial charge on any atom is -0.0283 e. The summed E-state index contributed by atoms with van der Waals surface area (Å²) in [6, 6.07) is 0. The second kappa shape index (κ2) is 4.54. The van der Waals surface area contributed by atoms with E-state index in [0.29, 0.717) is 0 Å². The van der Waals surface area contributed by atoms with Crippen LogP contribution in [0, 0.1) is 6.92 Å². The molecule has 0 spiro atoms. The largest absolute Gasteiger partial charge is 0.0853 e. The maximum absolute atomic E-state index is 4.00. The van der Waals surface area contributed by atoms with Crippen LogP contribution in [0.5, 0.6) is 0 Å². The third-order valence-electron chi connectivity index (χ3n) is 2.14. The monoisotopic (exact) mass is 137 g/mol. The van der Waals surface area contributed by atoms with Crippen LogP contribution >= 0.6 is 0 Å². The molecule has 1 aliphatic rings. The Hall–Kier alpha value is -0.260. The van der Waals surface area contributed by atoms with Crippen molar-refractivity contribution in [2.24, 2.45) is 0 Å². The van der Waals surface area contributed by atoms with Crippen molar-refractivity contribution in [3.63, 3.8) is 0 Å². The first-order valence-corrected chi connectivity index (χ1v) is 4.40. The highest BCUT2D eigenvalue weighted by Crippen LogP contribution is 2.15. The summed E-state index contributed by atoms with van der Waals surface area (Å²) in [5, 5.41) is 0. The fourth-order valence-electron chi connectivity index (χ4n) is 1.43. The van der Waals surface area contributed by atoms with Crippen molar-refractivity contribution in [1.82, 2.24) is 0 Å². The molecule has 0 fully saturated rings. The van der Waals surface area contributed by atoms with E-state index in [1.165, 1.54) is 50.5 Å². The molecule has 0 aromatic carbocycles. The molecule has 10 heavy (non-hydrogen) atoms. The molecule has 0 aromatic rings. The average Bonchev–Trinajstić information content (AvgIpc) is 2.02. The van der Waals surface area contributed by atoms with Gasteiger partial charge in [-0.3, -0.25) is 0 Å². The van der Waals surface area contributed by atoms with Crippen LogP contribution in [-0.4, -0.2) is 0 Å². The van der Waals surface area contributed by atoms with E-state index >= 15 is 0 Å². The van der Waals surface area contributed by atoms with Gasteiger partial charge in [-0.05, 0) is 32.6 Å². The highest BCUT2D eigenvalue weighted by molar-refractivity contribution is 5.05. The summed E-state index contributed by atoms with van der Waals surface area (Å²) in [4.78, 5) is 0. The van der Waals surface area contributed by atoms with Gasteiger partial charge in [0.05, 0.1) is 0 Å². The van der Waals surface area contributed by atoms with Gasteiger partial charge in [-0.15, -0.1) is 0 Å². The minimum atomic E-state index is 1.24. The Morgan fingerprint density at radius 1 is 1.00 bits per heavy atom. The zero-order valence-electron chi connectivity index (χ0n) is 6.73. The van der Waals surface area contributed by atoms with E-state index in [4.69, 9.17) is 0 Å². The molecule has 0 saturated heterocycles. The van der Waals surface area contributed by atoms with Gasteiger partial charge < -0.3 is 0 Å². The molecule has 0 amide bonds. The van der Waals surface area contributed by atoms with Crippen LogP contribution in [0.15, 0.2) is 11.6 Å². The quantitative estimate of drug-likeness (QED) is 0.479. The Kier molecular flexibility index (Phi) is 3.56. The Labute approximate surface area is 64.3 Å². The van der Waals surface area contributed by atoms with Crippen LogP contribution in [0.2, 0.25) is 0 Å². The summed E-state index contributed by atoms with van der Waals surface area (Å²) >= 11 is 0. The average molecular weight is 137 g/mol. The lowest BCUT2D eigenvalue weighted by Gasteiger charge is -1.96. The van der Waals surface area contributed by atoms with E-state index in [1.807, 2.05) is 0 Å². The first-order valence-electron chi connectivity index (χ1n) is 4.40. The Morgan fingerprint density at radius 3 is 2.60 bits per heavy atom. The second-order valence-electron chi connectivity index (χ2n) is 3.17. The Bertz CT molecular complexity index is 111. The first-order chi connectivity index (χ1) is 4.89. The number of hydrogen-bond donors (Lipinski definition) is 0. The highest BCUT2D eigenvalue weighted by atomic mass is 14.0. The van der Waals surface area contributed by atoms with E-state index in [9.17, 15) is 0 Å². The van der Waals surface area contributed by atoms with Gasteiger partial charge >= 0.3 is 0 Å². The van der Waals surface area contributed by atoms with E-state index in [2.05, 4.69) is 13.0 Å². The molecular formula is C10H17. The summed E-state index contributed by atoms with van der Waals surface area (Å²) in [5.41, 5.74) is 1.36. The molecule has 0 aliphatic heterocycles. The highest BCUT2D eigenvalue weighted by Gasteiger charge is 1.95. The predicted octanol–water partition coefficient (Wildman–Crippen LogP) is 3.49. The topological polar surface area (TPSA) is 0 Å². The minimum absolute atomic E-state index is 1.24. The van der Waals surface area contributed by atoms with E-state index in [-0.39, 0.29) is 0 Å². The van der Waals surface area contributed by atoms with Gasteiger partial charge in [-0.2, -0.15) is 0 Å². The summed E-state index contributed by atoms with van der Waals surface area (Å²) in [5.74, 6) is 0. The van der Waals surface area contributed by atoms with Crippen molar-refractivity contribution in [3.05, 3.63) is 18.6 Å². The molecule has 0 saturated carbocycles. The van der Waals surface area contributed by atoms with Crippen LogP contribution in [0.4, 0.5) is 0 Å². The molecule has 0 heteroatoms. The molecule has 0 bridgehead atoms. The van der Waals surface area contributed by atoms with Crippen LogP contribution < -0.4 is 0 Å². The second-order valence-corrected chi connectivity index (χ2v) is 3.17. The molecule has 0 unspecified atom stereocenters. The molecule has 57 valence electrons. The lowest BCUT2D eigenvalue weighted by molar-refractivity contribution is 0.630. The molecule has 0 N–H and O–H groups in total. The summed E-state index contributed by atoms with van der Waals surface area (Å²) in [6.45, 7) is 4.00. The molecular weight excluding hydrogens is 120 g/mol. The van der Waals surface area contributed by atoms with Crippen molar-refractivity contribution < 1.29 is 0 Å². The normalized spacial score (nSPS) is 27.5. The van der Waals surface area contributed by atoms with Gasteiger partial charge in [0, 0.05) is 0 Å². The van der Waals surface area contributed by atoms with Crippen molar-refractivity contribution in [2.75, 3.05) is 0 Å². The third-order valence-corrected chi connectivity index (χ3v) is 2.14. The number of rotatable bonds is 0. The Balaban J connectivity index is 2.29. The summed E-state index contributed by atoms with van der Waals surface area (Å²) in [6.07, 6.45) is 11.8. The summed E-state index contributed by atoms with van der Waals surface area (Å²) in [7, 11) is 0. The van der Waals surface area contributed by atoms with Crippen LogP contribution in [0.3, 0.4) is 0 Å². The molecule has 0 atom stereocenters. The van der Waals surface area contributed by atoms with Crippen LogP contribution in [0.25, 0.3) is 0 Å². The molecule has 1 radical (unpaired) electrons. The van der Waals surface area contributed by atoms with Crippen molar-refractivity contribution in [3.8, 4) is 0 Å². The lowest BCUT2D eigenvalue weighted by atomic mass is 10.1. The van der Waals surface area contributed by atoms with Crippen LogP contribution in [0.1, 0.15) is 44.9 Å². The zero-order chi connectivity index (χ0) is 7.23. The number of hydrogen-bond acceptors (Lipinski definition) is 0. The molecule has 1 rings (SSSR count). The standard InChI is InChI=1S/C10H17/c1-10-8-6-4-2-3-5-7-9-10/h8H,1-7,9H2/b10-8-. The smallest absolute Gasteiger partial charge is 0.0283 e. The van der Waals surface area contributed by atoms with Gasteiger partial charge in [0.25, 0.3) is 0 Å². The molecule has 0 nitrogen and oxygen atoms in total. The SMILES string of the molecule is [CH2]/C1=C/CCCCCCC1. The van der Waals surface area contributed by atoms with Crippen LogP contribution in [-0.2, 0) is 0 Å². The fourth-order valence-corrected chi connectivity index (χ4v) is 1.43. The van der Waals surface area contributed by atoms with Gasteiger partial charge in [-0.25, -0.2) is 0 Å². The molecule has 0 aromatic heterocycles. The number of allylic oxidation sites excluding steroid dienone is 2. The molecule has 1 aliphatic carbocycles. The Morgan fingerprint density at radius 2 is 1.70 bits per heavy atom. The van der Waals surface area contributed by atoms with Gasteiger partial charge in [0.15, 0.2) is 0 Å². The van der Waals surface area contributed by atoms with Crippen molar-refractivity contribution in [1.29, 1.82) is 0 Å². The van der Waals surface area contributed by atoms with Crippen molar-refractivity contribution in [2.45, 2.75) is 44.9 Å². The van der Waals surface area contributed by atoms with E-state index in [1.54, 1.807) is 0 Å². The third kappa shape index (κ3) is 3.05. The van der Waals surface area contributed by atoms with Gasteiger partial charge in [-0.1, -0.05) is 30.9 Å². The minimum Gasteiger partial charge on any atom is -0.0853 e. The summed E-state index contributed by atoms with van der Waals surface area (Å²) < 4.78 is 0. The van der Waals surface area contributed by atoms with Gasteiger partial charge in [0.2, 0.25) is 0 Å². The molecule has 0 heterocycles. The fraction of sp³-hybridized carbons (Fsp3) is 0.700. The van der Waals surface area contributed by atoms with Crippen molar-refractivity contribution >= 4 is 0 Å². The van der Waals surface area contributed by atoms with Gasteiger partial charge in [0.1, 0.15) is 0 Å². The lowest BCUT2D eigenvalue weighted by Crippen LogP contribution is -1.77. The predicted molar refractivity (Wildman–Crippen MR) is 45.8 cm³/mol. The first kappa shape index (κ1) is 7.84. The van der Waals surface area contributed by atoms with E-state index < -0.39 is 0 Å². The van der Waals surface area contributed by atoms with E-state index in [0.717, 1.165) is 0 Å².